The molecule has 0 saturated heterocycles. The molecule has 0 amide bonds. The SMILES string of the molecule is CCCCc1nnc(CO)n1CC(C)C. The van der Waals surface area contributed by atoms with Gasteiger partial charge in [0, 0.05) is 13.0 Å². The number of aliphatic hydroxyl groups excluding tert-OH is 1. The van der Waals surface area contributed by atoms with E-state index in [1.165, 1.54) is 0 Å². The summed E-state index contributed by atoms with van der Waals surface area (Å²) in [6, 6.07) is 0. The zero-order valence-corrected chi connectivity index (χ0v) is 9.90. The van der Waals surface area contributed by atoms with Crippen LogP contribution in [0.15, 0.2) is 0 Å². The molecule has 15 heavy (non-hydrogen) atoms. The van der Waals surface area contributed by atoms with Gasteiger partial charge in [0.25, 0.3) is 0 Å². The van der Waals surface area contributed by atoms with Crippen LogP contribution in [0.3, 0.4) is 0 Å². The number of aliphatic hydroxyl groups is 1. The molecule has 0 bridgehead atoms. The van der Waals surface area contributed by atoms with E-state index in [4.69, 9.17) is 5.11 Å². The molecular formula is C11H21N3O. The predicted molar refractivity (Wildman–Crippen MR) is 59.4 cm³/mol. The molecule has 0 aromatic carbocycles. The molecule has 1 N–H and O–H groups in total. The summed E-state index contributed by atoms with van der Waals surface area (Å²) in [5.74, 6) is 2.25. The van der Waals surface area contributed by atoms with E-state index < -0.39 is 0 Å². The minimum Gasteiger partial charge on any atom is -0.388 e. The maximum absolute atomic E-state index is 9.15. The second-order valence-corrected chi connectivity index (χ2v) is 4.30. The van der Waals surface area contributed by atoms with Crippen molar-refractivity contribution in [3.63, 3.8) is 0 Å². The van der Waals surface area contributed by atoms with Crippen LogP contribution in [0.25, 0.3) is 0 Å². The summed E-state index contributed by atoms with van der Waals surface area (Å²) in [5.41, 5.74) is 0. The summed E-state index contributed by atoms with van der Waals surface area (Å²) in [5, 5.41) is 17.3. The van der Waals surface area contributed by atoms with Crippen molar-refractivity contribution in [2.75, 3.05) is 0 Å². The van der Waals surface area contributed by atoms with Crippen molar-refractivity contribution in [2.45, 2.75) is 53.2 Å². The maximum atomic E-state index is 9.15. The van der Waals surface area contributed by atoms with Gasteiger partial charge in [-0.3, -0.25) is 0 Å². The van der Waals surface area contributed by atoms with Crippen LogP contribution in [0.5, 0.6) is 0 Å². The molecule has 1 aromatic rings. The van der Waals surface area contributed by atoms with Gasteiger partial charge in [-0.05, 0) is 12.3 Å². The summed E-state index contributed by atoms with van der Waals surface area (Å²) in [4.78, 5) is 0. The van der Waals surface area contributed by atoms with Crippen molar-refractivity contribution in [2.24, 2.45) is 5.92 Å². The Morgan fingerprint density at radius 3 is 2.47 bits per heavy atom. The van der Waals surface area contributed by atoms with E-state index in [2.05, 4.69) is 35.5 Å². The number of aryl methyl sites for hydroxylation is 1. The molecule has 0 aliphatic heterocycles. The van der Waals surface area contributed by atoms with Gasteiger partial charge in [-0.1, -0.05) is 27.2 Å². The first-order chi connectivity index (χ1) is 7.19. The predicted octanol–water partition coefficient (Wildman–Crippen LogP) is 1.77. The van der Waals surface area contributed by atoms with Crippen LogP contribution in [0.4, 0.5) is 0 Å². The molecule has 0 aliphatic carbocycles. The largest absolute Gasteiger partial charge is 0.388 e. The highest BCUT2D eigenvalue weighted by molar-refractivity contribution is 4.95. The van der Waals surface area contributed by atoms with E-state index in [9.17, 15) is 0 Å². The third-order valence-electron chi connectivity index (χ3n) is 2.35. The van der Waals surface area contributed by atoms with E-state index in [-0.39, 0.29) is 6.61 Å². The monoisotopic (exact) mass is 211 g/mol. The van der Waals surface area contributed by atoms with Gasteiger partial charge in [0.2, 0.25) is 0 Å². The zero-order valence-electron chi connectivity index (χ0n) is 9.90. The van der Waals surface area contributed by atoms with E-state index in [1.54, 1.807) is 0 Å². The Morgan fingerprint density at radius 2 is 1.93 bits per heavy atom. The molecule has 0 unspecified atom stereocenters. The van der Waals surface area contributed by atoms with Crippen LogP contribution in [-0.4, -0.2) is 19.9 Å². The Hall–Kier alpha value is -0.900. The van der Waals surface area contributed by atoms with E-state index >= 15 is 0 Å². The summed E-state index contributed by atoms with van der Waals surface area (Å²) in [6.45, 7) is 7.35. The number of rotatable bonds is 6. The normalized spacial score (nSPS) is 11.3. The molecule has 4 heteroatoms. The first kappa shape index (κ1) is 12.2. The van der Waals surface area contributed by atoms with Crippen molar-refractivity contribution < 1.29 is 5.11 Å². The lowest BCUT2D eigenvalue weighted by Crippen LogP contribution is -2.12. The Morgan fingerprint density at radius 1 is 1.27 bits per heavy atom. The van der Waals surface area contributed by atoms with Gasteiger partial charge >= 0.3 is 0 Å². The standard InChI is InChI=1S/C11H21N3O/c1-4-5-6-10-12-13-11(8-15)14(10)7-9(2)3/h9,15H,4-8H2,1-3H3. The molecule has 0 fully saturated rings. The molecule has 86 valence electrons. The molecule has 4 nitrogen and oxygen atoms in total. The summed E-state index contributed by atoms with van der Waals surface area (Å²) in [7, 11) is 0. The van der Waals surface area contributed by atoms with Crippen LogP contribution in [-0.2, 0) is 19.6 Å². The molecule has 1 rings (SSSR count). The highest BCUT2D eigenvalue weighted by Gasteiger charge is 2.11. The molecule has 0 spiro atoms. The van der Waals surface area contributed by atoms with Crippen molar-refractivity contribution in [3.8, 4) is 0 Å². The summed E-state index contributed by atoms with van der Waals surface area (Å²) in [6.07, 6.45) is 3.24. The van der Waals surface area contributed by atoms with Crippen molar-refractivity contribution in [3.05, 3.63) is 11.6 Å². The lowest BCUT2D eigenvalue weighted by atomic mass is 10.2. The third kappa shape index (κ3) is 3.30. The average Bonchev–Trinajstić information content (AvgIpc) is 2.57. The molecule has 0 radical (unpaired) electrons. The Bertz CT molecular complexity index is 294. The highest BCUT2D eigenvalue weighted by atomic mass is 16.3. The Labute approximate surface area is 91.3 Å². The van der Waals surface area contributed by atoms with Crippen molar-refractivity contribution in [1.82, 2.24) is 14.8 Å². The number of aromatic nitrogens is 3. The number of hydrogen-bond donors (Lipinski definition) is 1. The highest BCUT2D eigenvalue weighted by Crippen LogP contribution is 2.09. The van der Waals surface area contributed by atoms with Gasteiger partial charge in [-0.25, -0.2) is 0 Å². The summed E-state index contributed by atoms with van der Waals surface area (Å²) < 4.78 is 2.06. The topological polar surface area (TPSA) is 50.9 Å². The zero-order chi connectivity index (χ0) is 11.3. The molecule has 0 saturated carbocycles. The number of unbranched alkanes of at least 4 members (excludes halogenated alkanes) is 1. The maximum Gasteiger partial charge on any atom is 0.158 e. The lowest BCUT2D eigenvalue weighted by Gasteiger charge is -2.11. The minimum atomic E-state index is -0.0220. The van der Waals surface area contributed by atoms with Gasteiger partial charge in [-0.15, -0.1) is 10.2 Å². The Kier molecular flexibility index (Phi) is 4.75. The first-order valence-electron chi connectivity index (χ1n) is 5.70. The Balaban J connectivity index is 2.80. The van der Waals surface area contributed by atoms with E-state index in [0.717, 1.165) is 31.6 Å². The summed E-state index contributed by atoms with van der Waals surface area (Å²) >= 11 is 0. The van der Waals surface area contributed by atoms with Crippen LogP contribution in [0.2, 0.25) is 0 Å². The van der Waals surface area contributed by atoms with Gasteiger partial charge in [0.15, 0.2) is 5.82 Å². The quantitative estimate of drug-likeness (QED) is 0.780. The molecular weight excluding hydrogens is 190 g/mol. The van der Waals surface area contributed by atoms with Crippen molar-refractivity contribution in [1.29, 1.82) is 0 Å². The van der Waals surface area contributed by atoms with Gasteiger partial charge in [0.1, 0.15) is 12.4 Å². The van der Waals surface area contributed by atoms with Gasteiger partial charge in [-0.2, -0.15) is 0 Å². The molecule has 0 atom stereocenters. The third-order valence-corrected chi connectivity index (χ3v) is 2.35. The second-order valence-electron chi connectivity index (χ2n) is 4.30. The van der Waals surface area contributed by atoms with Crippen molar-refractivity contribution >= 4 is 0 Å². The lowest BCUT2D eigenvalue weighted by molar-refractivity contribution is 0.261. The van der Waals surface area contributed by atoms with E-state index in [1.807, 2.05) is 0 Å². The van der Waals surface area contributed by atoms with Crippen LogP contribution >= 0.6 is 0 Å². The van der Waals surface area contributed by atoms with Gasteiger partial charge < -0.3 is 9.67 Å². The van der Waals surface area contributed by atoms with Gasteiger partial charge in [0.05, 0.1) is 0 Å². The minimum absolute atomic E-state index is 0.0220. The molecule has 1 aromatic heterocycles. The fraction of sp³-hybridized carbons (Fsp3) is 0.818. The van der Waals surface area contributed by atoms with Crippen LogP contribution in [0, 0.1) is 5.92 Å². The fourth-order valence-electron chi connectivity index (χ4n) is 1.59. The fourth-order valence-corrected chi connectivity index (χ4v) is 1.59. The second kappa shape index (κ2) is 5.85. The average molecular weight is 211 g/mol. The number of hydrogen-bond acceptors (Lipinski definition) is 3. The van der Waals surface area contributed by atoms with E-state index in [0.29, 0.717) is 11.7 Å². The van der Waals surface area contributed by atoms with Crippen LogP contribution in [0.1, 0.15) is 45.3 Å². The molecule has 0 aliphatic rings. The van der Waals surface area contributed by atoms with Crippen LogP contribution < -0.4 is 0 Å². The number of nitrogens with zero attached hydrogens (tertiary/aromatic N) is 3. The molecule has 1 heterocycles. The smallest absolute Gasteiger partial charge is 0.158 e. The first-order valence-corrected chi connectivity index (χ1v) is 5.70.